The standard InChI is InChI=1S/C24H23ClN4O6S2/c1-36(32,33)27-13-15-6-3-4-7-16(15)14-29-20-10-9-17(25)12-19(20)21(18-8-5-11-26-23(18)30)22(29)24(31)28-37(2,34)35/h3-12,27H,13-14H2,1-2H3,(H,26,30)(H,28,31). The number of amides is 1. The number of aromatic amines is 1. The van der Waals surface area contributed by atoms with E-state index in [2.05, 4.69) is 9.71 Å². The van der Waals surface area contributed by atoms with Gasteiger partial charge in [-0.2, -0.15) is 0 Å². The molecule has 0 atom stereocenters. The number of rotatable bonds is 8. The second-order valence-corrected chi connectivity index (χ2v) is 12.5. The van der Waals surface area contributed by atoms with Crippen molar-refractivity contribution >= 4 is 48.5 Å². The van der Waals surface area contributed by atoms with Crippen LogP contribution >= 0.6 is 11.6 Å². The lowest BCUT2D eigenvalue weighted by Gasteiger charge is -2.15. The number of benzene rings is 2. The highest BCUT2D eigenvalue weighted by molar-refractivity contribution is 7.89. The highest BCUT2D eigenvalue weighted by Crippen LogP contribution is 2.36. The van der Waals surface area contributed by atoms with Crippen LogP contribution in [0.3, 0.4) is 0 Å². The van der Waals surface area contributed by atoms with Gasteiger partial charge < -0.3 is 9.55 Å². The first-order valence-electron chi connectivity index (χ1n) is 10.9. The van der Waals surface area contributed by atoms with Crippen LogP contribution in [-0.2, 0) is 33.1 Å². The Morgan fingerprint density at radius 1 is 0.973 bits per heavy atom. The number of hydrogen-bond donors (Lipinski definition) is 3. The van der Waals surface area contributed by atoms with Gasteiger partial charge in [-0.15, -0.1) is 0 Å². The molecule has 194 valence electrons. The lowest BCUT2D eigenvalue weighted by Crippen LogP contribution is -2.32. The molecule has 3 N–H and O–H groups in total. The van der Waals surface area contributed by atoms with Crippen LogP contribution in [0.1, 0.15) is 21.6 Å². The second-order valence-electron chi connectivity index (χ2n) is 8.45. The van der Waals surface area contributed by atoms with Gasteiger partial charge in [0.25, 0.3) is 11.5 Å². The zero-order valence-electron chi connectivity index (χ0n) is 19.8. The van der Waals surface area contributed by atoms with Crippen LogP contribution in [-0.4, -0.2) is 44.8 Å². The Labute approximate surface area is 218 Å². The molecule has 4 rings (SSSR count). The van der Waals surface area contributed by atoms with Crippen molar-refractivity contribution in [2.45, 2.75) is 13.1 Å². The second kappa shape index (κ2) is 10.1. The molecule has 0 radical (unpaired) electrons. The van der Waals surface area contributed by atoms with Gasteiger partial charge in [-0.05, 0) is 41.5 Å². The monoisotopic (exact) mass is 562 g/mol. The molecule has 0 unspecified atom stereocenters. The number of sulfonamides is 2. The third-order valence-corrected chi connectivity index (χ3v) is 7.04. The van der Waals surface area contributed by atoms with Gasteiger partial charge in [0.15, 0.2) is 0 Å². The van der Waals surface area contributed by atoms with Crippen molar-refractivity contribution in [1.82, 2.24) is 19.0 Å². The van der Waals surface area contributed by atoms with Crippen molar-refractivity contribution < 1.29 is 21.6 Å². The van der Waals surface area contributed by atoms with Gasteiger partial charge in [-0.25, -0.2) is 26.3 Å². The van der Waals surface area contributed by atoms with E-state index in [1.165, 1.54) is 12.3 Å². The summed E-state index contributed by atoms with van der Waals surface area (Å²) in [6, 6.07) is 15.0. The summed E-state index contributed by atoms with van der Waals surface area (Å²) in [5.41, 5.74) is 1.67. The number of fused-ring (bicyclic) bond motifs is 1. The molecule has 0 saturated carbocycles. The van der Waals surface area contributed by atoms with Crippen LogP contribution < -0.4 is 15.0 Å². The van der Waals surface area contributed by atoms with Crippen LogP contribution in [0.25, 0.3) is 22.0 Å². The predicted molar refractivity (Wildman–Crippen MR) is 143 cm³/mol. The molecular weight excluding hydrogens is 540 g/mol. The van der Waals surface area contributed by atoms with Gasteiger partial charge in [-0.3, -0.25) is 9.59 Å². The van der Waals surface area contributed by atoms with Crippen LogP contribution in [0.15, 0.2) is 65.6 Å². The van der Waals surface area contributed by atoms with Crippen molar-refractivity contribution in [3.63, 3.8) is 0 Å². The van der Waals surface area contributed by atoms with Crippen LogP contribution in [0, 0.1) is 0 Å². The average molecular weight is 563 g/mol. The molecule has 37 heavy (non-hydrogen) atoms. The van der Waals surface area contributed by atoms with E-state index in [1.54, 1.807) is 53.1 Å². The number of nitrogens with one attached hydrogen (secondary N) is 3. The molecule has 1 amide bonds. The fourth-order valence-corrected chi connectivity index (χ4v) is 5.12. The van der Waals surface area contributed by atoms with Crippen molar-refractivity contribution in [1.29, 1.82) is 0 Å². The summed E-state index contributed by atoms with van der Waals surface area (Å²) in [5, 5.41) is 0.820. The van der Waals surface area contributed by atoms with Crippen molar-refractivity contribution in [2.24, 2.45) is 0 Å². The van der Waals surface area contributed by atoms with Crippen molar-refractivity contribution in [3.8, 4) is 11.1 Å². The number of hydrogen-bond acceptors (Lipinski definition) is 6. The fourth-order valence-electron chi connectivity index (χ4n) is 4.10. The minimum atomic E-state index is -3.95. The van der Waals surface area contributed by atoms with E-state index in [0.29, 0.717) is 27.1 Å². The zero-order chi connectivity index (χ0) is 27.0. The smallest absolute Gasteiger partial charge is 0.282 e. The third-order valence-electron chi connectivity index (χ3n) is 5.58. The molecule has 4 aromatic rings. The number of nitrogens with zero attached hydrogens (tertiary/aromatic N) is 1. The summed E-state index contributed by atoms with van der Waals surface area (Å²) in [5.74, 6) is -0.931. The van der Waals surface area contributed by atoms with E-state index < -0.39 is 31.5 Å². The van der Waals surface area contributed by atoms with Crippen LogP contribution in [0.4, 0.5) is 0 Å². The minimum absolute atomic E-state index is 0.0100. The van der Waals surface area contributed by atoms with Gasteiger partial charge in [0.1, 0.15) is 5.69 Å². The SMILES string of the molecule is CS(=O)(=O)NCc1ccccc1Cn1c(C(=O)NS(C)(=O)=O)c(-c2ccc[nH]c2=O)c2cc(Cl)ccc21. The molecule has 0 saturated heterocycles. The third kappa shape index (κ3) is 6.10. The molecule has 2 heterocycles. The maximum absolute atomic E-state index is 13.4. The largest absolute Gasteiger partial charge is 0.331 e. The topological polar surface area (TPSA) is 147 Å². The van der Waals surface area contributed by atoms with Crippen LogP contribution in [0.2, 0.25) is 5.02 Å². The van der Waals surface area contributed by atoms with Crippen LogP contribution in [0.5, 0.6) is 0 Å². The zero-order valence-corrected chi connectivity index (χ0v) is 22.2. The minimum Gasteiger partial charge on any atom is -0.331 e. The molecule has 0 fully saturated rings. The Kier molecular flexibility index (Phi) is 7.29. The number of aromatic nitrogens is 2. The maximum atomic E-state index is 13.4. The number of carbonyl (C=O) groups excluding carboxylic acids is 1. The van der Waals surface area contributed by atoms with Crippen molar-refractivity contribution in [3.05, 3.63) is 93.0 Å². The summed E-state index contributed by atoms with van der Waals surface area (Å²) in [4.78, 5) is 28.8. The summed E-state index contributed by atoms with van der Waals surface area (Å²) in [7, 11) is -7.42. The molecule has 2 aromatic heterocycles. The molecule has 0 spiro atoms. The van der Waals surface area contributed by atoms with E-state index in [0.717, 1.165) is 12.5 Å². The number of halogens is 1. The van der Waals surface area contributed by atoms with E-state index in [4.69, 9.17) is 11.6 Å². The van der Waals surface area contributed by atoms with Gasteiger partial charge in [0.05, 0.1) is 12.5 Å². The number of H-pyrrole nitrogens is 1. The first kappa shape index (κ1) is 26.6. The van der Waals surface area contributed by atoms with E-state index in [9.17, 15) is 26.4 Å². The van der Waals surface area contributed by atoms with E-state index >= 15 is 0 Å². The Balaban J connectivity index is 2.01. The molecule has 0 bridgehead atoms. The lowest BCUT2D eigenvalue weighted by atomic mass is 10.0. The van der Waals surface area contributed by atoms with Gasteiger partial charge >= 0.3 is 0 Å². The maximum Gasteiger partial charge on any atom is 0.282 e. The Bertz CT molecular complexity index is 1790. The molecule has 2 aromatic carbocycles. The summed E-state index contributed by atoms with van der Waals surface area (Å²) >= 11 is 6.28. The normalized spacial score (nSPS) is 12.1. The molecule has 0 aliphatic carbocycles. The summed E-state index contributed by atoms with van der Waals surface area (Å²) < 4.78 is 53.4. The molecule has 0 aliphatic rings. The summed E-state index contributed by atoms with van der Waals surface area (Å²) in [6.45, 7) is 0.0765. The highest BCUT2D eigenvalue weighted by Gasteiger charge is 2.27. The Morgan fingerprint density at radius 3 is 2.32 bits per heavy atom. The average Bonchev–Trinajstić information content (AvgIpc) is 3.10. The lowest BCUT2D eigenvalue weighted by molar-refractivity contribution is 0.0974. The summed E-state index contributed by atoms with van der Waals surface area (Å²) in [6.07, 6.45) is 3.35. The van der Waals surface area contributed by atoms with Gasteiger partial charge in [-0.1, -0.05) is 35.9 Å². The Morgan fingerprint density at radius 2 is 1.68 bits per heavy atom. The highest BCUT2D eigenvalue weighted by atomic mass is 35.5. The Hall–Kier alpha value is -3.45. The predicted octanol–water partition coefficient (Wildman–Crippen LogP) is 2.44. The van der Waals surface area contributed by atoms with Gasteiger partial charge in [0, 0.05) is 46.3 Å². The van der Waals surface area contributed by atoms with Crippen molar-refractivity contribution in [2.75, 3.05) is 12.5 Å². The quantitative estimate of drug-likeness (QED) is 0.300. The first-order chi connectivity index (χ1) is 17.3. The number of pyridine rings is 1. The number of carbonyl (C=O) groups is 1. The molecule has 10 nitrogen and oxygen atoms in total. The molecular formula is C24H23ClN4O6S2. The van der Waals surface area contributed by atoms with E-state index in [1.807, 2.05) is 4.72 Å². The molecule has 0 aliphatic heterocycles. The molecule has 13 heteroatoms. The fraction of sp³-hybridized carbons (Fsp3) is 0.167. The van der Waals surface area contributed by atoms with Gasteiger partial charge in [0.2, 0.25) is 20.0 Å². The van der Waals surface area contributed by atoms with E-state index in [-0.39, 0.29) is 29.9 Å². The first-order valence-corrected chi connectivity index (χ1v) is 15.0.